The number of hydrogen-bond donors (Lipinski definition) is 0. The van der Waals surface area contributed by atoms with E-state index in [1.807, 2.05) is 17.9 Å². The van der Waals surface area contributed by atoms with Gasteiger partial charge in [0.25, 0.3) is 5.91 Å². The summed E-state index contributed by atoms with van der Waals surface area (Å²) in [6.07, 6.45) is 1.72. The normalized spacial score (nSPS) is 16.6. The van der Waals surface area contributed by atoms with Gasteiger partial charge < -0.3 is 9.42 Å². The van der Waals surface area contributed by atoms with Gasteiger partial charge in [0.05, 0.1) is 16.9 Å². The van der Waals surface area contributed by atoms with Gasteiger partial charge in [-0.05, 0) is 6.92 Å². The van der Waals surface area contributed by atoms with Gasteiger partial charge in [0.15, 0.2) is 0 Å². The van der Waals surface area contributed by atoms with Crippen molar-refractivity contribution < 1.29 is 9.32 Å². The fourth-order valence-corrected chi connectivity index (χ4v) is 3.65. The standard InChI is InChI=1S/C17H24N4O2S/c1-12-9-13(19-23-12)11-20-5-7-21(8-6-20)15(22)14-10-18-16(24-14)17(2,3)4/h9-10H,5-8,11H2,1-4H3. The van der Waals surface area contributed by atoms with Crippen molar-refractivity contribution in [2.45, 2.75) is 39.7 Å². The first-order valence-electron chi connectivity index (χ1n) is 8.23. The molecule has 0 atom stereocenters. The summed E-state index contributed by atoms with van der Waals surface area (Å²) in [7, 11) is 0. The minimum atomic E-state index is -0.0163. The van der Waals surface area contributed by atoms with E-state index < -0.39 is 0 Å². The van der Waals surface area contributed by atoms with Crippen molar-refractivity contribution >= 4 is 17.2 Å². The van der Waals surface area contributed by atoms with Crippen LogP contribution in [0.15, 0.2) is 16.8 Å². The van der Waals surface area contributed by atoms with Crippen LogP contribution in [0.25, 0.3) is 0 Å². The van der Waals surface area contributed by atoms with Crippen molar-refractivity contribution in [2.75, 3.05) is 26.2 Å². The van der Waals surface area contributed by atoms with E-state index in [-0.39, 0.29) is 11.3 Å². The Kier molecular flexibility index (Phi) is 4.73. The summed E-state index contributed by atoms with van der Waals surface area (Å²) in [5, 5.41) is 5.04. The predicted octanol–water partition coefficient (Wildman–Crippen LogP) is 2.70. The molecule has 6 nitrogen and oxygen atoms in total. The first-order chi connectivity index (χ1) is 11.3. The molecular formula is C17H24N4O2S. The summed E-state index contributed by atoms with van der Waals surface area (Å²) in [6.45, 7) is 12.2. The number of aromatic nitrogens is 2. The van der Waals surface area contributed by atoms with Gasteiger partial charge in [-0.25, -0.2) is 4.98 Å². The van der Waals surface area contributed by atoms with Crippen molar-refractivity contribution in [1.82, 2.24) is 19.9 Å². The topological polar surface area (TPSA) is 62.5 Å². The molecule has 0 radical (unpaired) electrons. The number of carbonyl (C=O) groups is 1. The number of hydrogen-bond acceptors (Lipinski definition) is 6. The Morgan fingerprint density at radius 3 is 2.54 bits per heavy atom. The highest BCUT2D eigenvalue weighted by molar-refractivity contribution is 7.13. The van der Waals surface area contributed by atoms with Gasteiger partial charge in [-0.1, -0.05) is 25.9 Å². The van der Waals surface area contributed by atoms with E-state index in [4.69, 9.17) is 4.52 Å². The lowest BCUT2D eigenvalue weighted by Gasteiger charge is -2.34. The summed E-state index contributed by atoms with van der Waals surface area (Å²) in [5.74, 6) is 0.929. The monoisotopic (exact) mass is 348 g/mol. The molecule has 0 saturated carbocycles. The average molecular weight is 348 g/mol. The minimum absolute atomic E-state index is 0.0163. The number of rotatable bonds is 3. The molecular weight excluding hydrogens is 324 g/mol. The first-order valence-corrected chi connectivity index (χ1v) is 9.05. The van der Waals surface area contributed by atoms with Crippen LogP contribution in [0.5, 0.6) is 0 Å². The molecule has 0 aliphatic carbocycles. The molecule has 0 aromatic carbocycles. The molecule has 1 aliphatic rings. The van der Waals surface area contributed by atoms with Gasteiger partial charge in [0, 0.05) is 44.2 Å². The van der Waals surface area contributed by atoms with Crippen LogP contribution in [0.1, 0.15) is 46.9 Å². The summed E-state index contributed by atoms with van der Waals surface area (Å²) in [5.41, 5.74) is 0.932. The van der Waals surface area contributed by atoms with Gasteiger partial charge >= 0.3 is 0 Å². The summed E-state index contributed by atoms with van der Waals surface area (Å²) < 4.78 is 5.11. The summed E-state index contributed by atoms with van der Waals surface area (Å²) in [6, 6.07) is 1.96. The Hall–Kier alpha value is -1.73. The number of aryl methyl sites for hydroxylation is 1. The van der Waals surface area contributed by atoms with Gasteiger partial charge in [0.1, 0.15) is 10.6 Å². The lowest BCUT2D eigenvalue weighted by atomic mass is 9.98. The molecule has 2 aromatic rings. The quantitative estimate of drug-likeness (QED) is 0.853. The van der Waals surface area contributed by atoms with E-state index in [2.05, 4.69) is 35.8 Å². The molecule has 1 fully saturated rings. The number of amides is 1. The molecule has 24 heavy (non-hydrogen) atoms. The fraction of sp³-hybridized carbons (Fsp3) is 0.588. The van der Waals surface area contributed by atoms with Crippen LogP contribution >= 0.6 is 11.3 Å². The maximum Gasteiger partial charge on any atom is 0.265 e. The number of piperazine rings is 1. The molecule has 3 heterocycles. The molecule has 3 rings (SSSR count). The molecule has 0 N–H and O–H groups in total. The zero-order valence-electron chi connectivity index (χ0n) is 14.7. The Bertz CT molecular complexity index is 708. The van der Waals surface area contributed by atoms with Crippen LogP contribution in [0.3, 0.4) is 0 Å². The van der Waals surface area contributed by atoms with Crippen molar-refractivity contribution in [3.05, 3.63) is 33.6 Å². The van der Waals surface area contributed by atoms with Crippen molar-refractivity contribution in [3.8, 4) is 0 Å². The van der Waals surface area contributed by atoms with Crippen LogP contribution < -0.4 is 0 Å². The average Bonchev–Trinajstić information content (AvgIpc) is 3.16. The lowest BCUT2D eigenvalue weighted by molar-refractivity contribution is 0.0630. The Morgan fingerprint density at radius 2 is 2.00 bits per heavy atom. The zero-order chi connectivity index (χ0) is 17.3. The molecule has 0 spiro atoms. The van der Waals surface area contributed by atoms with E-state index in [0.29, 0.717) is 0 Å². The van der Waals surface area contributed by atoms with E-state index in [1.165, 1.54) is 11.3 Å². The highest BCUT2D eigenvalue weighted by Crippen LogP contribution is 2.27. The second-order valence-electron chi connectivity index (χ2n) is 7.28. The highest BCUT2D eigenvalue weighted by Gasteiger charge is 2.26. The molecule has 1 aliphatic heterocycles. The third-order valence-corrected chi connectivity index (χ3v) is 5.49. The smallest absolute Gasteiger partial charge is 0.265 e. The van der Waals surface area contributed by atoms with E-state index in [9.17, 15) is 4.79 Å². The van der Waals surface area contributed by atoms with Gasteiger partial charge in [-0.3, -0.25) is 9.69 Å². The molecule has 130 valence electrons. The third kappa shape index (κ3) is 3.84. The SMILES string of the molecule is Cc1cc(CN2CCN(C(=O)c3cnc(C(C)(C)C)s3)CC2)no1. The van der Waals surface area contributed by atoms with Gasteiger partial charge in [-0.2, -0.15) is 0 Å². The lowest BCUT2D eigenvalue weighted by Crippen LogP contribution is -2.48. The molecule has 7 heteroatoms. The van der Waals surface area contributed by atoms with Crippen LogP contribution in [-0.4, -0.2) is 52.0 Å². The van der Waals surface area contributed by atoms with Gasteiger partial charge in [-0.15, -0.1) is 11.3 Å². The molecule has 1 saturated heterocycles. The van der Waals surface area contributed by atoms with Crippen molar-refractivity contribution in [1.29, 1.82) is 0 Å². The number of thiazole rings is 1. The van der Waals surface area contributed by atoms with Crippen LogP contribution in [0.4, 0.5) is 0 Å². The van der Waals surface area contributed by atoms with Crippen molar-refractivity contribution in [3.63, 3.8) is 0 Å². The third-order valence-electron chi connectivity index (χ3n) is 4.08. The molecule has 0 unspecified atom stereocenters. The Morgan fingerprint density at radius 1 is 1.29 bits per heavy atom. The van der Waals surface area contributed by atoms with Crippen molar-refractivity contribution in [2.24, 2.45) is 0 Å². The van der Waals surface area contributed by atoms with E-state index >= 15 is 0 Å². The zero-order valence-corrected chi connectivity index (χ0v) is 15.5. The highest BCUT2D eigenvalue weighted by atomic mass is 32.1. The van der Waals surface area contributed by atoms with Gasteiger partial charge in [0.2, 0.25) is 0 Å². The van der Waals surface area contributed by atoms with E-state index in [1.54, 1.807) is 6.20 Å². The first kappa shape index (κ1) is 17.1. The number of nitrogens with zero attached hydrogens (tertiary/aromatic N) is 4. The predicted molar refractivity (Wildman–Crippen MR) is 93.2 cm³/mol. The molecule has 2 aromatic heterocycles. The largest absolute Gasteiger partial charge is 0.361 e. The molecule has 0 bridgehead atoms. The van der Waals surface area contributed by atoms with Crippen LogP contribution in [0.2, 0.25) is 0 Å². The Labute approximate surface area is 146 Å². The second-order valence-corrected chi connectivity index (χ2v) is 8.31. The summed E-state index contributed by atoms with van der Waals surface area (Å²) in [4.78, 5) is 22.0. The maximum atomic E-state index is 12.7. The van der Waals surface area contributed by atoms with Crippen LogP contribution in [-0.2, 0) is 12.0 Å². The Balaban J connectivity index is 1.56. The number of carbonyl (C=O) groups excluding carboxylic acids is 1. The second kappa shape index (κ2) is 6.64. The maximum absolute atomic E-state index is 12.7. The minimum Gasteiger partial charge on any atom is -0.361 e. The summed E-state index contributed by atoms with van der Waals surface area (Å²) >= 11 is 1.51. The van der Waals surface area contributed by atoms with Crippen LogP contribution in [0, 0.1) is 6.92 Å². The molecule has 1 amide bonds. The fourth-order valence-electron chi connectivity index (χ4n) is 2.71. The van der Waals surface area contributed by atoms with E-state index in [0.717, 1.165) is 54.1 Å².